The molecule has 0 aliphatic carbocycles. The van der Waals surface area contributed by atoms with E-state index in [-0.39, 0.29) is 19.6 Å². The number of hydrogen-bond acceptors (Lipinski definition) is 6. The molecule has 0 aliphatic heterocycles. The molecule has 1 atom stereocenters. The van der Waals surface area contributed by atoms with Crippen LogP contribution >= 0.6 is 7.60 Å². The molecule has 0 bridgehead atoms. The molecule has 131 valence electrons. The number of nitrogens with zero attached hydrogens (tertiary/aromatic N) is 3. The lowest BCUT2D eigenvalue weighted by molar-refractivity contribution is -0.137. The summed E-state index contributed by atoms with van der Waals surface area (Å²) < 4.78 is 24.6. The summed E-state index contributed by atoms with van der Waals surface area (Å²) in [5.74, 6) is -1.23. The van der Waals surface area contributed by atoms with E-state index in [0.29, 0.717) is 12.2 Å². The molecule has 1 aromatic heterocycles. The maximum atomic E-state index is 12.7. The quantitative estimate of drug-likeness (QED) is 0.458. The van der Waals surface area contributed by atoms with Gasteiger partial charge in [0.1, 0.15) is 0 Å². The van der Waals surface area contributed by atoms with E-state index in [0.717, 1.165) is 12.8 Å². The van der Waals surface area contributed by atoms with Crippen LogP contribution in [0.4, 0.5) is 0 Å². The zero-order valence-corrected chi connectivity index (χ0v) is 14.7. The van der Waals surface area contributed by atoms with Crippen LogP contribution in [-0.2, 0) is 31.4 Å². The van der Waals surface area contributed by atoms with Gasteiger partial charge in [-0.1, -0.05) is 12.1 Å². The highest BCUT2D eigenvalue weighted by atomic mass is 31.2. The van der Waals surface area contributed by atoms with Crippen molar-refractivity contribution in [2.24, 2.45) is 0 Å². The van der Waals surface area contributed by atoms with E-state index in [4.69, 9.17) is 9.05 Å². The van der Waals surface area contributed by atoms with Gasteiger partial charge in [-0.2, -0.15) is 0 Å². The minimum atomic E-state index is -3.75. The lowest BCUT2D eigenvalue weighted by Gasteiger charge is -2.22. The third-order valence-corrected chi connectivity index (χ3v) is 5.56. The summed E-state index contributed by atoms with van der Waals surface area (Å²) in [6.45, 7) is 6.20. The monoisotopic (exact) mass is 346 g/mol. The molecular formula is C14H25N3O5P. The lowest BCUT2D eigenvalue weighted by Crippen LogP contribution is -2.26. The molecule has 0 aliphatic rings. The molecule has 1 N–H and O–H groups in total. The predicted octanol–water partition coefficient (Wildman–Crippen LogP) is 2.54. The van der Waals surface area contributed by atoms with E-state index in [1.807, 2.05) is 6.92 Å². The van der Waals surface area contributed by atoms with E-state index >= 15 is 0 Å². The van der Waals surface area contributed by atoms with Gasteiger partial charge in [-0.15, -0.1) is 5.10 Å². The van der Waals surface area contributed by atoms with Crippen molar-refractivity contribution in [2.75, 3.05) is 13.2 Å². The molecule has 9 heteroatoms. The topological polar surface area (TPSA) is 104 Å². The highest BCUT2D eigenvalue weighted by molar-refractivity contribution is 7.55. The fourth-order valence-corrected chi connectivity index (χ4v) is 3.94. The number of aryl methyl sites for hydroxylation is 1. The second-order valence-corrected chi connectivity index (χ2v) is 7.18. The molecule has 0 saturated heterocycles. The summed E-state index contributed by atoms with van der Waals surface area (Å²) >= 11 is 0. The van der Waals surface area contributed by atoms with Gasteiger partial charge < -0.3 is 14.2 Å². The Bertz CT molecular complexity index is 524. The number of hydrogen-bond donors (Lipinski definition) is 1. The zero-order chi connectivity index (χ0) is 17.3. The summed E-state index contributed by atoms with van der Waals surface area (Å²) in [6.07, 6.45) is 5.59. The fourth-order valence-electron chi connectivity index (χ4n) is 2.11. The van der Waals surface area contributed by atoms with Gasteiger partial charge in [0.2, 0.25) is 0 Å². The third-order valence-electron chi connectivity index (χ3n) is 3.15. The maximum absolute atomic E-state index is 12.7. The molecule has 23 heavy (non-hydrogen) atoms. The summed E-state index contributed by atoms with van der Waals surface area (Å²) in [5.41, 5.74) is -0.839. The molecule has 1 aromatic rings. The van der Waals surface area contributed by atoms with Crippen LogP contribution in [0.2, 0.25) is 0 Å². The smallest absolute Gasteiger partial charge is 0.345 e. The molecule has 0 fully saturated rings. The molecule has 0 saturated carbocycles. The van der Waals surface area contributed by atoms with Crippen molar-refractivity contribution >= 4 is 13.6 Å². The van der Waals surface area contributed by atoms with Gasteiger partial charge in [-0.05, 0) is 33.1 Å². The Labute approximate surface area is 136 Å². The number of rotatable bonds is 12. The first-order valence-electron chi connectivity index (χ1n) is 7.75. The minimum absolute atomic E-state index is 0.0491. The lowest BCUT2D eigenvalue weighted by atomic mass is 10.2. The first kappa shape index (κ1) is 19.8. The van der Waals surface area contributed by atoms with Crippen LogP contribution in [-0.4, -0.2) is 44.9 Å². The van der Waals surface area contributed by atoms with Crippen molar-refractivity contribution in [1.82, 2.24) is 15.0 Å². The van der Waals surface area contributed by atoms with Gasteiger partial charge in [-0.3, -0.25) is 14.0 Å². The number of carbonyl (C=O) groups is 1. The van der Waals surface area contributed by atoms with E-state index in [9.17, 15) is 14.5 Å². The number of carboxylic acid groups (broad SMARTS) is 1. The Morgan fingerprint density at radius 3 is 2.61 bits per heavy atom. The molecule has 0 amide bonds. The van der Waals surface area contributed by atoms with E-state index in [1.165, 1.54) is 0 Å². The maximum Gasteiger partial charge on any atom is 0.345 e. The van der Waals surface area contributed by atoms with Crippen LogP contribution in [0.3, 0.4) is 0 Å². The fraction of sp³-hybridized carbons (Fsp3) is 0.714. The molecule has 1 unspecified atom stereocenters. The first-order chi connectivity index (χ1) is 11.0. The van der Waals surface area contributed by atoms with Crippen molar-refractivity contribution in [3.05, 3.63) is 18.3 Å². The van der Waals surface area contributed by atoms with Crippen LogP contribution in [0.5, 0.6) is 0 Å². The molecule has 1 radical (unpaired) electrons. The number of aromatic nitrogens is 3. The van der Waals surface area contributed by atoms with Gasteiger partial charge in [0, 0.05) is 19.2 Å². The molecule has 0 spiro atoms. The second kappa shape index (κ2) is 9.80. The standard InChI is InChI=1S/C14H25N3O5P/c1-4-7-8-9-17-11-12(15-16-17)10-13(14(18)19)23(20,21-5-2)22-6-3/h4,11,13H,5-10H2,1-3H3,(H,18,19). The van der Waals surface area contributed by atoms with Gasteiger partial charge >= 0.3 is 13.6 Å². The van der Waals surface area contributed by atoms with Crippen LogP contribution in [0.15, 0.2) is 6.20 Å². The number of aliphatic carboxylic acids is 1. The Balaban J connectivity index is 2.83. The second-order valence-electron chi connectivity index (χ2n) is 4.96. The number of unbranched alkanes of at least 4 members (excludes halogenated alkanes) is 2. The van der Waals surface area contributed by atoms with E-state index in [1.54, 1.807) is 24.7 Å². The molecule has 0 aromatic carbocycles. The number of carboxylic acids is 1. The summed E-state index contributed by atoms with van der Waals surface area (Å²) in [7, 11) is -3.75. The van der Waals surface area contributed by atoms with Crippen LogP contribution in [0.25, 0.3) is 0 Å². The summed E-state index contributed by atoms with van der Waals surface area (Å²) in [5, 5.41) is 17.3. The Morgan fingerprint density at radius 1 is 1.43 bits per heavy atom. The molecule has 8 nitrogen and oxygen atoms in total. The van der Waals surface area contributed by atoms with Crippen LogP contribution < -0.4 is 0 Å². The van der Waals surface area contributed by atoms with Crippen molar-refractivity contribution < 1.29 is 23.5 Å². The SMILES string of the molecule is C[CH]CCCn1cc(CC(C(=O)O)P(=O)(OCC)OCC)nn1. The molecule has 1 heterocycles. The average Bonchev–Trinajstić information content (AvgIpc) is 2.93. The molecular weight excluding hydrogens is 321 g/mol. The Morgan fingerprint density at radius 2 is 2.09 bits per heavy atom. The van der Waals surface area contributed by atoms with E-state index in [2.05, 4.69) is 16.7 Å². The normalized spacial score (nSPS) is 13.2. The largest absolute Gasteiger partial charge is 0.481 e. The van der Waals surface area contributed by atoms with Crippen LogP contribution in [0, 0.1) is 6.42 Å². The summed E-state index contributed by atoms with van der Waals surface area (Å²) in [4.78, 5) is 11.5. The van der Waals surface area contributed by atoms with Crippen molar-refractivity contribution in [3.8, 4) is 0 Å². The average molecular weight is 346 g/mol. The van der Waals surface area contributed by atoms with Crippen molar-refractivity contribution in [1.29, 1.82) is 0 Å². The Kier molecular flexibility index (Phi) is 8.44. The van der Waals surface area contributed by atoms with Crippen LogP contribution in [0.1, 0.15) is 39.3 Å². The highest BCUT2D eigenvalue weighted by Crippen LogP contribution is 2.54. The summed E-state index contributed by atoms with van der Waals surface area (Å²) in [6, 6.07) is 0. The van der Waals surface area contributed by atoms with E-state index < -0.39 is 19.2 Å². The van der Waals surface area contributed by atoms with Gasteiger partial charge in [0.15, 0.2) is 5.66 Å². The first-order valence-corrected chi connectivity index (χ1v) is 9.36. The van der Waals surface area contributed by atoms with Gasteiger partial charge in [0.05, 0.1) is 18.9 Å². The minimum Gasteiger partial charge on any atom is -0.481 e. The van der Waals surface area contributed by atoms with Crippen molar-refractivity contribution in [2.45, 2.75) is 52.2 Å². The highest BCUT2D eigenvalue weighted by Gasteiger charge is 2.41. The third kappa shape index (κ3) is 6.05. The predicted molar refractivity (Wildman–Crippen MR) is 85.2 cm³/mol. The molecule has 1 rings (SSSR count). The van der Waals surface area contributed by atoms with Crippen molar-refractivity contribution in [3.63, 3.8) is 0 Å². The zero-order valence-electron chi connectivity index (χ0n) is 13.8. The Hall–Kier alpha value is -1.24. The van der Waals surface area contributed by atoms with Gasteiger partial charge in [0.25, 0.3) is 0 Å². The van der Waals surface area contributed by atoms with Gasteiger partial charge in [-0.25, -0.2) is 0 Å².